The van der Waals surface area contributed by atoms with E-state index >= 15 is 0 Å². The van der Waals surface area contributed by atoms with E-state index in [0.29, 0.717) is 30.2 Å². The van der Waals surface area contributed by atoms with Gasteiger partial charge in [0.05, 0.1) is 5.52 Å². The van der Waals surface area contributed by atoms with Gasteiger partial charge in [-0.2, -0.15) is 0 Å². The van der Waals surface area contributed by atoms with Gasteiger partial charge in [0.15, 0.2) is 5.65 Å². The van der Waals surface area contributed by atoms with Crippen molar-refractivity contribution in [1.29, 1.82) is 0 Å². The average molecular weight is 557 g/mol. The predicted octanol–water partition coefficient (Wildman–Crippen LogP) is 7.93. The zero-order chi connectivity index (χ0) is 29.4. The second kappa shape index (κ2) is 13.4. The summed E-state index contributed by atoms with van der Waals surface area (Å²) in [5, 5.41) is 2.90. The lowest BCUT2D eigenvalue weighted by atomic mass is 10.0. The Morgan fingerprint density at radius 1 is 0.902 bits per heavy atom. The topological polar surface area (TPSA) is 95.3 Å². The van der Waals surface area contributed by atoms with E-state index < -0.39 is 11.8 Å². The van der Waals surface area contributed by atoms with E-state index in [1.165, 1.54) is 0 Å². The SMILES string of the molecule is CCCCC(=O)Nc1ccc2c(n1)nc(CCCC)n2Cc1ccc(-c2ccccc2OC(=O)OC(C)(C)C)cc1. The van der Waals surface area contributed by atoms with Crippen LogP contribution in [0.25, 0.3) is 22.3 Å². The van der Waals surface area contributed by atoms with E-state index in [1.54, 1.807) is 26.8 Å². The van der Waals surface area contributed by atoms with Crippen molar-refractivity contribution in [3.05, 3.63) is 72.1 Å². The summed E-state index contributed by atoms with van der Waals surface area (Å²) in [7, 11) is 0. The molecular formula is C33H40N4O4. The highest BCUT2D eigenvalue weighted by Crippen LogP contribution is 2.31. The van der Waals surface area contributed by atoms with Crippen LogP contribution in [0.1, 0.15) is 78.1 Å². The molecule has 2 aromatic carbocycles. The number of rotatable bonds is 11. The molecule has 4 rings (SSSR count). The first-order valence-corrected chi connectivity index (χ1v) is 14.4. The minimum Gasteiger partial charge on any atom is -0.428 e. The summed E-state index contributed by atoms with van der Waals surface area (Å²) in [4.78, 5) is 34.0. The number of pyridine rings is 1. The molecule has 8 heteroatoms. The lowest BCUT2D eigenvalue weighted by Crippen LogP contribution is -2.26. The summed E-state index contributed by atoms with van der Waals surface area (Å²) in [5.41, 5.74) is 3.77. The Labute approximate surface area is 242 Å². The Morgan fingerprint density at radius 3 is 2.34 bits per heavy atom. The van der Waals surface area contributed by atoms with Gasteiger partial charge in [0, 0.05) is 24.9 Å². The number of nitrogens with zero attached hydrogens (tertiary/aromatic N) is 3. The molecule has 1 N–H and O–H groups in total. The van der Waals surface area contributed by atoms with Crippen LogP contribution >= 0.6 is 0 Å². The maximum atomic E-state index is 12.3. The summed E-state index contributed by atoms with van der Waals surface area (Å²) in [5.74, 6) is 1.93. The van der Waals surface area contributed by atoms with E-state index in [1.807, 2.05) is 42.5 Å². The van der Waals surface area contributed by atoms with Gasteiger partial charge in [-0.3, -0.25) is 4.79 Å². The fourth-order valence-corrected chi connectivity index (χ4v) is 4.50. The third-order valence-corrected chi connectivity index (χ3v) is 6.55. The van der Waals surface area contributed by atoms with Crippen molar-refractivity contribution in [2.75, 3.05) is 5.32 Å². The van der Waals surface area contributed by atoms with Gasteiger partial charge in [0.1, 0.15) is 23.0 Å². The molecule has 0 radical (unpaired) electrons. The fraction of sp³-hybridized carbons (Fsp3) is 0.394. The smallest absolute Gasteiger partial charge is 0.428 e. The Morgan fingerprint density at radius 2 is 1.63 bits per heavy atom. The number of hydrogen-bond acceptors (Lipinski definition) is 6. The minimum atomic E-state index is -0.731. The minimum absolute atomic E-state index is 0.0255. The van der Waals surface area contributed by atoms with Crippen LogP contribution in [0.5, 0.6) is 5.75 Å². The molecule has 0 spiro atoms. The molecular weight excluding hydrogens is 516 g/mol. The Kier molecular flexibility index (Phi) is 9.76. The Hall–Kier alpha value is -4.20. The first kappa shape index (κ1) is 29.8. The fourth-order valence-electron chi connectivity index (χ4n) is 4.50. The lowest BCUT2D eigenvalue weighted by Gasteiger charge is -2.19. The molecule has 0 aliphatic carbocycles. The number of aryl methyl sites for hydroxylation is 1. The van der Waals surface area contributed by atoms with Crippen LogP contribution < -0.4 is 10.1 Å². The van der Waals surface area contributed by atoms with Crippen LogP contribution in [0.2, 0.25) is 0 Å². The molecule has 2 aromatic heterocycles. The second-order valence-corrected chi connectivity index (χ2v) is 11.2. The zero-order valence-corrected chi connectivity index (χ0v) is 24.7. The largest absolute Gasteiger partial charge is 0.514 e. The molecule has 8 nitrogen and oxygen atoms in total. The van der Waals surface area contributed by atoms with Gasteiger partial charge < -0.3 is 19.4 Å². The second-order valence-electron chi connectivity index (χ2n) is 11.2. The van der Waals surface area contributed by atoms with E-state index in [9.17, 15) is 9.59 Å². The van der Waals surface area contributed by atoms with Crippen molar-refractivity contribution < 1.29 is 19.1 Å². The molecule has 2 heterocycles. The number of amides is 1. The maximum Gasteiger partial charge on any atom is 0.514 e. The molecule has 4 aromatic rings. The van der Waals surface area contributed by atoms with Crippen molar-refractivity contribution >= 4 is 29.0 Å². The summed E-state index contributed by atoms with van der Waals surface area (Å²) in [6.45, 7) is 10.3. The molecule has 0 aliphatic heterocycles. The normalized spacial score (nSPS) is 11.4. The van der Waals surface area contributed by atoms with Gasteiger partial charge in [-0.1, -0.05) is 69.2 Å². The zero-order valence-electron chi connectivity index (χ0n) is 24.7. The third kappa shape index (κ3) is 8.16. The maximum absolute atomic E-state index is 12.3. The molecule has 41 heavy (non-hydrogen) atoms. The summed E-state index contributed by atoms with van der Waals surface area (Å²) in [6.07, 6.45) is 4.51. The number of hydrogen-bond donors (Lipinski definition) is 1. The molecule has 0 fully saturated rings. The van der Waals surface area contributed by atoms with Crippen molar-refractivity contribution in [1.82, 2.24) is 14.5 Å². The standard InChI is InChI=1S/C33H40N4O4/c1-6-8-14-29-36-31-26(20-21-28(35-31)34-30(38)15-9-7-2)37(29)22-23-16-18-24(19-17-23)25-12-10-11-13-27(25)40-32(39)41-33(3,4)5/h10-13,16-21H,6-9,14-15,22H2,1-5H3,(H,34,35,38). The van der Waals surface area contributed by atoms with Crippen LogP contribution in [0, 0.1) is 0 Å². The Balaban J connectivity index is 1.56. The summed E-state index contributed by atoms with van der Waals surface area (Å²) in [6, 6.07) is 19.5. The van der Waals surface area contributed by atoms with Gasteiger partial charge in [0.25, 0.3) is 0 Å². The summed E-state index contributed by atoms with van der Waals surface area (Å²) < 4.78 is 13.1. The number of imidazole rings is 1. The lowest BCUT2D eigenvalue weighted by molar-refractivity contribution is -0.116. The number of aromatic nitrogens is 3. The summed E-state index contributed by atoms with van der Waals surface area (Å²) >= 11 is 0. The highest BCUT2D eigenvalue weighted by atomic mass is 16.7. The van der Waals surface area contributed by atoms with Crippen LogP contribution in [0.15, 0.2) is 60.7 Å². The highest BCUT2D eigenvalue weighted by molar-refractivity contribution is 5.90. The van der Waals surface area contributed by atoms with E-state index in [2.05, 4.69) is 40.8 Å². The monoisotopic (exact) mass is 556 g/mol. The third-order valence-electron chi connectivity index (χ3n) is 6.55. The quantitative estimate of drug-likeness (QED) is 0.149. The first-order chi connectivity index (χ1) is 19.7. The number of carbonyl (C=O) groups is 2. The molecule has 1 amide bonds. The van der Waals surface area contributed by atoms with E-state index in [0.717, 1.165) is 60.1 Å². The number of ether oxygens (including phenoxy) is 2. The number of fused-ring (bicyclic) bond motifs is 1. The van der Waals surface area contributed by atoms with Gasteiger partial charge in [-0.15, -0.1) is 0 Å². The molecule has 0 atom stereocenters. The van der Waals surface area contributed by atoms with Crippen molar-refractivity contribution in [2.45, 2.75) is 85.3 Å². The van der Waals surface area contributed by atoms with Gasteiger partial charge in [-0.05, 0) is 62.9 Å². The van der Waals surface area contributed by atoms with Crippen LogP contribution in [-0.4, -0.2) is 32.2 Å². The van der Waals surface area contributed by atoms with Gasteiger partial charge in [-0.25, -0.2) is 14.8 Å². The molecule has 0 saturated carbocycles. The molecule has 0 unspecified atom stereocenters. The van der Waals surface area contributed by atoms with Gasteiger partial charge in [0.2, 0.25) is 5.91 Å². The molecule has 0 bridgehead atoms. The molecule has 0 aliphatic rings. The van der Waals surface area contributed by atoms with Crippen LogP contribution in [0.3, 0.4) is 0 Å². The average Bonchev–Trinajstić information content (AvgIpc) is 3.26. The molecule has 216 valence electrons. The van der Waals surface area contributed by atoms with Crippen LogP contribution in [-0.2, 0) is 22.5 Å². The molecule has 0 saturated heterocycles. The van der Waals surface area contributed by atoms with Gasteiger partial charge >= 0.3 is 6.16 Å². The highest BCUT2D eigenvalue weighted by Gasteiger charge is 2.20. The number of nitrogens with one attached hydrogen (secondary N) is 1. The predicted molar refractivity (Wildman–Crippen MR) is 162 cm³/mol. The number of unbranched alkanes of at least 4 members (excludes halogenated alkanes) is 2. The van der Waals surface area contributed by atoms with Crippen molar-refractivity contribution in [2.24, 2.45) is 0 Å². The number of para-hydroxylation sites is 1. The first-order valence-electron chi connectivity index (χ1n) is 14.4. The number of anilines is 1. The Bertz CT molecular complexity index is 1490. The van der Waals surface area contributed by atoms with E-state index in [-0.39, 0.29) is 5.91 Å². The van der Waals surface area contributed by atoms with Crippen LogP contribution in [0.4, 0.5) is 10.6 Å². The van der Waals surface area contributed by atoms with E-state index in [4.69, 9.17) is 14.5 Å². The number of carbonyl (C=O) groups excluding carboxylic acids is 2. The van der Waals surface area contributed by atoms with Crippen molar-refractivity contribution in [3.8, 4) is 16.9 Å². The number of benzene rings is 2. The van der Waals surface area contributed by atoms with Crippen molar-refractivity contribution in [3.63, 3.8) is 0 Å².